The number of nitrogens with zero attached hydrogens (tertiary/aromatic N) is 1. The second-order valence-corrected chi connectivity index (χ2v) is 11.6. The first kappa shape index (κ1) is 31.1. The summed E-state index contributed by atoms with van der Waals surface area (Å²) in [6, 6.07) is 19.9. The minimum Gasteiger partial charge on any atom is -0.489 e. The maximum atomic E-state index is 13.7. The number of aliphatic hydroxyl groups excluding tert-OH is 1. The Morgan fingerprint density at radius 1 is 0.976 bits per heavy atom. The smallest absolute Gasteiger partial charge is 0.404 e. The van der Waals surface area contributed by atoms with Crippen LogP contribution < -0.4 is 19.5 Å². The van der Waals surface area contributed by atoms with E-state index >= 15 is 0 Å². The predicted octanol–water partition coefficient (Wildman–Crippen LogP) is 4.35. The SMILES string of the molecule is CCC(CC)ON(C[C@@H](O)[C@H](Cc1ccc(OCc2ccccc2)cc1)NC(=O)O)S(=O)(=O)c1ccc2c(c1)OCO2. The van der Waals surface area contributed by atoms with Gasteiger partial charge in [0.05, 0.1) is 29.7 Å². The molecule has 3 aromatic rings. The molecule has 0 saturated carbocycles. The second-order valence-electron chi connectivity index (χ2n) is 9.80. The fourth-order valence-corrected chi connectivity index (χ4v) is 5.71. The molecule has 0 fully saturated rings. The average molecular weight is 601 g/mol. The van der Waals surface area contributed by atoms with Crippen molar-refractivity contribution in [1.29, 1.82) is 0 Å². The van der Waals surface area contributed by atoms with Gasteiger partial charge >= 0.3 is 6.09 Å². The van der Waals surface area contributed by atoms with Crippen LogP contribution in [0.4, 0.5) is 4.79 Å². The molecule has 1 heterocycles. The molecular weight excluding hydrogens is 564 g/mol. The Kier molecular flexibility index (Phi) is 10.6. The van der Waals surface area contributed by atoms with E-state index in [0.717, 1.165) is 10.0 Å². The van der Waals surface area contributed by atoms with Gasteiger partial charge in [-0.3, -0.25) is 4.84 Å². The summed E-state index contributed by atoms with van der Waals surface area (Å²) in [4.78, 5) is 17.4. The molecule has 0 bridgehead atoms. The Morgan fingerprint density at radius 3 is 2.33 bits per heavy atom. The van der Waals surface area contributed by atoms with Gasteiger partial charge in [0, 0.05) is 6.07 Å². The van der Waals surface area contributed by atoms with E-state index in [2.05, 4.69) is 5.32 Å². The summed E-state index contributed by atoms with van der Waals surface area (Å²) in [6.45, 7) is 3.58. The van der Waals surface area contributed by atoms with E-state index in [4.69, 9.17) is 19.0 Å². The number of benzene rings is 3. The molecule has 0 spiro atoms. The van der Waals surface area contributed by atoms with E-state index in [1.54, 1.807) is 24.3 Å². The lowest BCUT2D eigenvalue weighted by molar-refractivity contribution is -0.149. The average Bonchev–Trinajstić information content (AvgIpc) is 3.47. The lowest BCUT2D eigenvalue weighted by Gasteiger charge is -2.30. The summed E-state index contributed by atoms with van der Waals surface area (Å²) >= 11 is 0. The van der Waals surface area contributed by atoms with Gasteiger partial charge in [0.15, 0.2) is 11.5 Å². The Hall–Kier alpha value is -3.84. The Balaban J connectivity index is 1.50. The molecule has 3 N–H and O–H groups in total. The summed E-state index contributed by atoms with van der Waals surface area (Å²) in [5, 5.41) is 23.0. The van der Waals surface area contributed by atoms with Crippen LogP contribution in [0.15, 0.2) is 77.7 Å². The van der Waals surface area contributed by atoms with Crippen molar-refractivity contribution in [2.45, 2.75) is 62.9 Å². The highest BCUT2D eigenvalue weighted by atomic mass is 32.2. The van der Waals surface area contributed by atoms with Gasteiger partial charge < -0.3 is 29.7 Å². The third-order valence-electron chi connectivity index (χ3n) is 6.82. The van der Waals surface area contributed by atoms with Crippen molar-refractivity contribution < 1.29 is 42.5 Å². The largest absolute Gasteiger partial charge is 0.489 e. The molecule has 0 saturated heterocycles. The molecule has 4 rings (SSSR count). The van der Waals surface area contributed by atoms with Crippen LogP contribution in [0.3, 0.4) is 0 Å². The van der Waals surface area contributed by atoms with Crippen LogP contribution in [0.25, 0.3) is 0 Å². The molecule has 0 aliphatic carbocycles. The third-order valence-corrected chi connectivity index (χ3v) is 8.45. The van der Waals surface area contributed by atoms with Gasteiger partial charge in [0.25, 0.3) is 10.0 Å². The van der Waals surface area contributed by atoms with E-state index in [9.17, 15) is 23.4 Å². The van der Waals surface area contributed by atoms with Gasteiger partial charge in [-0.1, -0.05) is 60.8 Å². The Morgan fingerprint density at radius 2 is 1.67 bits per heavy atom. The number of carbonyl (C=O) groups is 1. The standard InChI is InChI=1S/C30H36N2O9S/c1-3-23(4-2)41-32(42(36,37)25-14-15-28-29(17-25)40-20-39-28)18-27(33)26(31-30(34)35)16-21-10-12-24(13-11-21)38-19-22-8-6-5-7-9-22/h5-15,17,23,26-27,31,33H,3-4,16,18-20H2,1-2H3,(H,34,35)/t26-,27+/m0/s1. The number of hydrogen-bond donors (Lipinski definition) is 3. The molecule has 0 unspecified atom stereocenters. The van der Waals surface area contributed by atoms with Crippen LogP contribution in [-0.2, 0) is 27.9 Å². The summed E-state index contributed by atoms with van der Waals surface area (Å²) in [6.07, 6.45) is -2.11. The monoisotopic (exact) mass is 600 g/mol. The van der Waals surface area contributed by atoms with Crippen molar-refractivity contribution in [2.24, 2.45) is 0 Å². The van der Waals surface area contributed by atoms with Crippen LogP contribution in [0.5, 0.6) is 17.2 Å². The van der Waals surface area contributed by atoms with Crippen molar-refractivity contribution in [2.75, 3.05) is 13.3 Å². The first-order valence-corrected chi connectivity index (χ1v) is 15.2. The summed E-state index contributed by atoms with van der Waals surface area (Å²) < 4.78 is 44.5. The van der Waals surface area contributed by atoms with Crippen molar-refractivity contribution in [3.05, 3.63) is 83.9 Å². The maximum Gasteiger partial charge on any atom is 0.404 e. The molecular formula is C30H36N2O9S. The van der Waals surface area contributed by atoms with E-state index in [1.165, 1.54) is 18.2 Å². The minimum atomic E-state index is -4.28. The highest BCUT2D eigenvalue weighted by molar-refractivity contribution is 7.89. The number of aliphatic hydroxyl groups is 1. The number of amides is 1. The lowest BCUT2D eigenvalue weighted by Crippen LogP contribution is -2.50. The lowest BCUT2D eigenvalue weighted by atomic mass is 10.0. The molecule has 1 amide bonds. The number of carboxylic acid groups (broad SMARTS) is 1. The zero-order valence-electron chi connectivity index (χ0n) is 23.5. The molecule has 42 heavy (non-hydrogen) atoms. The van der Waals surface area contributed by atoms with Gasteiger partial charge in [0.1, 0.15) is 12.4 Å². The Bertz CT molecular complexity index is 1410. The maximum absolute atomic E-state index is 13.7. The van der Waals surface area contributed by atoms with Crippen molar-refractivity contribution in [3.63, 3.8) is 0 Å². The van der Waals surface area contributed by atoms with Gasteiger partial charge in [-0.05, 0) is 54.7 Å². The van der Waals surface area contributed by atoms with Crippen LogP contribution in [0.1, 0.15) is 37.8 Å². The molecule has 0 radical (unpaired) electrons. The number of hydroxylamine groups is 1. The van der Waals surface area contributed by atoms with Crippen LogP contribution in [-0.4, -0.2) is 60.8 Å². The highest BCUT2D eigenvalue weighted by Crippen LogP contribution is 2.35. The number of hydrogen-bond acceptors (Lipinski definition) is 8. The quantitative estimate of drug-likeness (QED) is 0.217. The number of rotatable bonds is 15. The topological polar surface area (TPSA) is 144 Å². The van der Waals surface area contributed by atoms with Gasteiger partial charge in [0.2, 0.25) is 6.79 Å². The van der Waals surface area contributed by atoms with Crippen LogP contribution in [0, 0.1) is 0 Å². The minimum absolute atomic E-state index is 0.0197. The Labute approximate surface area is 245 Å². The van der Waals surface area contributed by atoms with Crippen LogP contribution >= 0.6 is 0 Å². The predicted molar refractivity (Wildman–Crippen MR) is 154 cm³/mol. The van der Waals surface area contributed by atoms with E-state index < -0.39 is 40.9 Å². The number of fused-ring (bicyclic) bond motifs is 1. The molecule has 2 atom stereocenters. The first-order valence-electron chi connectivity index (χ1n) is 13.7. The fourth-order valence-electron chi connectivity index (χ4n) is 4.40. The number of ether oxygens (including phenoxy) is 3. The molecule has 226 valence electrons. The molecule has 1 aliphatic heterocycles. The van der Waals surface area contributed by atoms with Gasteiger partial charge in [-0.15, -0.1) is 0 Å². The third kappa shape index (κ3) is 8.13. The van der Waals surface area contributed by atoms with Crippen LogP contribution in [0.2, 0.25) is 0 Å². The van der Waals surface area contributed by atoms with Gasteiger partial charge in [-0.25, -0.2) is 13.2 Å². The second kappa shape index (κ2) is 14.4. The van der Waals surface area contributed by atoms with Crippen molar-refractivity contribution >= 4 is 16.1 Å². The van der Waals surface area contributed by atoms with Crippen molar-refractivity contribution in [3.8, 4) is 17.2 Å². The number of sulfonamides is 1. The summed E-state index contributed by atoms with van der Waals surface area (Å²) in [5.74, 6) is 1.33. The molecule has 0 aromatic heterocycles. The zero-order chi connectivity index (χ0) is 30.1. The first-order chi connectivity index (χ1) is 20.2. The molecule has 3 aromatic carbocycles. The number of nitrogens with one attached hydrogen (secondary N) is 1. The fraction of sp³-hybridized carbons (Fsp3) is 0.367. The van der Waals surface area contributed by atoms with Crippen molar-refractivity contribution in [1.82, 2.24) is 9.79 Å². The molecule has 11 nitrogen and oxygen atoms in total. The highest BCUT2D eigenvalue weighted by Gasteiger charge is 2.34. The molecule has 12 heteroatoms. The summed E-state index contributed by atoms with van der Waals surface area (Å²) in [7, 11) is -4.28. The van der Waals surface area contributed by atoms with E-state index in [-0.39, 0.29) is 23.9 Å². The van der Waals surface area contributed by atoms with Gasteiger partial charge in [-0.2, -0.15) is 0 Å². The normalized spacial score (nSPS) is 14.1. The molecule has 1 aliphatic rings. The summed E-state index contributed by atoms with van der Waals surface area (Å²) in [5.41, 5.74) is 1.73. The zero-order valence-corrected chi connectivity index (χ0v) is 24.3. The van der Waals surface area contributed by atoms with E-state index in [0.29, 0.717) is 36.5 Å². The van der Waals surface area contributed by atoms with E-state index in [1.807, 2.05) is 44.2 Å².